The van der Waals surface area contributed by atoms with E-state index in [1.807, 2.05) is 0 Å². The summed E-state index contributed by atoms with van der Waals surface area (Å²) in [6.07, 6.45) is 5.22. The number of aromatic amines is 1. The van der Waals surface area contributed by atoms with Gasteiger partial charge in [0.2, 0.25) is 0 Å². The maximum atomic E-state index is 12.6. The first-order valence-electron chi connectivity index (χ1n) is 7.53. The van der Waals surface area contributed by atoms with Crippen molar-refractivity contribution in [3.63, 3.8) is 0 Å². The molecule has 3 rings (SSSR count). The number of ether oxygens (including phenoxy) is 1. The SMILES string of the molecule is O=C(c1ccncc1)N1CCOC[C@H](Cc2cc(=O)[nH]cn2)C1. The maximum absolute atomic E-state index is 12.6. The summed E-state index contributed by atoms with van der Waals surface area (Å²) in [5.74, 6) is 0.0827. The molecule has 23 heavy (non-hydrogen) atoms. The lowest BCUT2D eigenvalue weighted by molar-refractivity contribution is 0.0737. The van der Waals surface area contributed by atoms with Gasteiger partial charge in [-0.15, -0.1) is 0 Å². The molecule has 1 fully saturated rings. The molecule has 1 atom stereocenters. The van der Waals surface area contributed by atoms with E-state index in [1.165, 1.54) is 12.4 Å². The number of hydrogen-bond donors (Lipinski definition) is 1. The molecule has 1 N–H and O–H groups in total. The van der Waals surface area contributed by atoms with Gasteiger partial charge in [-0.3, -0.25) is 14.6 Å². The highest BCUT2D eigenvalue weighted by atomic mass is 16.5. The Hall–Kier alpha value is -2.54. The van der Waals surface area contributed by atoms with Crippen LogP contribution in [0.4, 0.5) is 0 Å². The highest BCUT2D eigenvalue weighted by Gasteiger charge is 2.24. The first kappa shape index (κ1) is 15.4. The van der Waals surface area contributed by atoms with E-state index >= 15 is 0 Å². The van der Waals surface area contributed by atoms with Crippen LogP contribution < -0.4 is 5.56 Å². The van der Waals surface area contributed by atoms with Crippen molar-refractivity contribution in [1.82, 2.24) is 19.9 Å². The average molecular weight is 314 g/mol. The van der Waals surface area contributed by atoms with Crippen LogP contribution in [0.3, 0.4) is 0 Å². The molecule has 7 heteroatoms. The molecule has 0 spiro atoms. The van der Waals surface area contributed by atoms with Crippen molar-refractivity contribution >= 4 is 5.91 Å². The zero-order valence-corrected chi connectivity index (χ0v) is 12.6. The van der Waals surface area contributed by atoms with Crippen LogP contribution in [0.15, 0.2) is 41.7 Å². The molecule has 0 radical (unpaired) electrons. The predicted octanol–water partition coefficient (Wildman–Crippen LogP) is 0.496. The summed E-state index contributed by atoms with van der Waals surface area (Å²) in [5.41, 5.74) is 1.16. The van der Waals surface area contributed by atoms with Crippen molar-refractivity contribution in [3.8, 4) is 0 Å². The number of hydrogen-bond acceptors (Lipinski definition) is 5. The number of carbonyl (C=O) groups excluding carboxylic acids is 1. The maximum Gasteiger partial charge on any atom is 0.254 e. The first-order valence-corrected chi connectivity index (χ1v) is 7.53. The van der Waals surface area contributed by atoms with Gasteiger partial charge in [-0.1, -0.05) is 0 Å². The number of aromatic nitrogens is 3. The minimum Gasteiger partial charge on any atom is -0.379 e. The van der Waals surface area contributed by atoms with Crippen LogP contribution in [0.1, 0.15) is 16.1 Å². The smallest absolute Gasteiger partial charge is 0.254 e. The van der Waals surface area contributed by atoms with Crippen molar-refractivity contribution in [2.24, 2.45) is 5.92 Å². The van der Waals surface area contributed by atoms with Crippen molar-refractivity contribution in [2.75, 3.05) is 26.3 Å². The summed E-state index contributed by atoms with van der Waals surface area (Å²) in [5, 5.41) is 0. The molecule has 120 valence electrons. The van der Waals surface area contributed by atoms with Gasteiger partial charge < -0.3 is 14.6 Å². The molecule has 0 aromatic carbocycles. The van der Waals surface area contributed by atoms with Crippen molar-refractivity contribution in [3.05, 3.63) is 58.5 Å². The van der Waals surface area contributed by atoms with E-state index in [-0.39, 0.29) is 17.4 Å². The summed E-state index contributed by atoms with van der Waals surface area (Å²) in [6.45, 7) is 2.20. The summed E-state index contributed by atoms with van der Waals surface area (Å²) in [4.78, 5) is 36.3. The zero-order valence-electron chi connectivity index (χ0n) is 12.6. The van der Waals surface area contributed by atoms with Crippen LogP contribution in [0, 0.1) is 5.92 Å². The largest absolute Gasteiger partial charge is 0.379 e. The average Bonchev–Trinajstić information content (AvgIpc) is 2.80. The van der Waals surface area contributed by atoms with E-state index in [9.17, 15) is 9.59 Å². The predicted molar refractivity (Wildman–Crippen MR) is 83.0 cm³/mol. The number of H-pyrrole nitrogens is 1. The molecule has 3 heterocycles. The molecule has 2 aromatic heterocycles. The Morgan fingerprint density at radius 2 is 2.22 bits per heavy atom. The lowest BCUT2D eigenvalue weighted by Crippen LogP contribution is -2.36. The number of nitrogens with one attached hydrogen (secondary N) is 1. The fourth-order valence-electron chi connectivity index (χ4n) is 2.68. The summed E-state index contributed by atoms with van der Waals surface area (Å²) in [6, 6.07) is 4.91. The molecular weight excluding hydrogens is 296 g/mol. The third kappa shape index (κ3) is 4.01. The molecule has 7 nitrogen and oxygen atoms in total. The number of rotatable bonds is 3. The second kappa shape index (κ2) is 7.15. The molecule has 2 aromatic rings. The third-order valence-corrected chi connectivity index (χ3v) is 3.78. The molecule has 0 saturated carbocycles. The van der Waals surface area contributed by atoms with Gasteiger partial charge >= 0.3 is 0 Å². The van der Waals surface area contributed by atoms with Gasteiger partial charge in [0.15, 0.2) is 0 Å². The van der Waals surface area contributed by atoms with Gasteiger partial charge in [0.05, 0.1) is 19.5 Å². The van der Waals surface area contributed by atoms with Crippen LogP contribution in [-0.2, 0) is 11.2 Å². The molecular formula is C16H18N4O3. The van der Waals surface area contributed by atoms with Crippen LogP contribution >= 0.6 is 0 Å². The zero-order chi connectivity index (χ0) is 16.1. The topological polar surface area (TPSA) is 88.2 Å². The second-order valence-electron chi connectivity index (χ2n) is 5.53. The number of nitrogens with zero attached hydrogens (tertiary/aromatic N) is 3. The van der Waals surface area contributed by atoms with Crippen molar-refractivity contribution in [2.45, 2.75) is 6.42 Å². The van der Waals surface area contributed by atoms with Gasteiger partial charge in [0, 0.05) is 48.7 Å². The first-order chi connectivity index (χ1) is 11.2. The Labute approximate surface area is 133 Å². The van der Waals surface area contributed by atoms with E-state index in [1.54, 1.807) is 29.4 Å². The standard InChI is InChI=1S/C16H18N4O3/c21-15-8-14(18-11-19-15)7-12-9-20(5-6-23-10-12)16(22)13-1-3-17-4-2-13/h1-4,8,11-12H,5-7,9-10H2,(H,18,19,21)/t12-/m1/s1. The second-order valence-corrected chi connectivity index (χ2v) is 5.53. The molecule has 0 aliphatic carbocycles. The Morgan fingerprint density at radius 3 is 3.00 bits per heavy atom. The Bertz CT molecular complexity index is 717. The summed E-state index contributed by atoms with van der Waals surface area (Å²) >= 11 is 0. The fraction of sp³-hybridized carbons (Fsp3) is 0.375. The lowest BCUT2D eigenvalue weighted by Gasteiger charge is -2.23. The molecule has 1 saturated heterocycles. The van der Waals surface area contributed by atoms with Crippen molar-refractivity contribution < 1.29 is 9.53 Å². The molecule has 0 unspecified atom stereocenters. The Kier molecular flexibility index (Phi) is 4.77. The quantitative estimate of drug-likeness (QED) is 0.891. The van der Waals surface area contributed by atoms with Crippen LogP contribution in [0.5, 0.6) is 0 Å². The van der Waals surface area contributed by atoms with Gasteiger partial charge in [-0.05, 0) is 18.6 Å². The van der Waals surface area contributed by atoms with Gasteiger partial charge in [0.1, 0.15) is 0 Å². The van der Waals surface area contributed by atoms with E-state index in [4.69, 9.17) is 4.74 Å². The minimum absolute atomic E-state index is 0.0261. The normalized spacial score (nSPS) is 18.4. The van der Waals surface area contributed by atoms with Crippen LogP contribution in [-0.4, -0.2) is 52.1 Å². The third-order valence-electron chi connectivity index (χ3n) is 3.78. The van der Waals surface area contributed by atoms with Crippen molar-refractivity contribution in [1.29, 1.82) is 0 Å². The molecule has 0 bridgehead atoms. The summed E-state index contributed by atoms with van der Waals surface area (Å²) in [7, 11) is 0. The number of carbonyl (C=O) groups is 1. The van der Waals surface area contributed by atoms with Crippen LogP contribution in [0.2, 0.25) is 0 Å². The fourth-order valence-corrected chi connectivity index (χ4v) is 2.68. The van der Waals surface area contributed by atoms with Gasteiger partial charge in [-0.25, -0.2) is 4.98 Å². The lowest BCUT2D eigenvalue weighted by atomic mass is 10.0. The summed E-state index contributed by atoms with van der Waals surface area (Å²) < 4.78 is 5.61. The Morgan fingerprint density at radius 1 is 1.39 bits per heavy atom. The van der Waals surface area contributed by atoms with Gasteiger partial charge in [-0.2, -0.15) is 0 Å². The minimum atomic E-state index is -0.172. The molecule has 1 aliphatic heterocycles. The molecule has 1 amide bonds. The van der Waals surface area contributed by atoms with E-state index < -0.39 is 0 Å². The highest BCUT2D eigenvalue weighted by Crippen LogP contribution is 2.14. The number of amides is 1. The van der Waals surface area contributed by atoms with Gasteiger partial charge in [0.25, 0.3) is 11.5 Å². The van der Waals surface area contributed by atoms with E-state index in [2.05, 4.69) is 15.0 Å². The van der Waals surface area contributed by atoms with E-state index in [0.29, 0.717) is 44.0 Å². The monoisotopic (exact) mass is 314 g/mol. The molecule has 1 aliphatic rings. The highest BCUT2D eigenvalue weighted by molar-refractivity contribution is 5.94. The van der Waals surface area contributed by atoms with E-state index in [0.717, 1.165) is 0 Å². The number of pyridine rings is 1. The Balaban J connectivity index is 1.71. The van der Waals surface area contributed by atoms with Crippen LogP contribution in [0.25, 0.3) is 0 Å².